The first-order valence-electron chi connectivity index (χ1n) is 13.1. The zero-order valence-electron chi connectivity index (χ0n) is 22.1. The molecule has 4 aromatic heterocycles. The van der Waals surface area contributed by atoms with Crippen molar-refractivity contribution < 1.29 is 33.6 Å². The van der Waals surface area contributed by atoms with Crippen LogP contribution < -0.4 is 11.5 Å². The van der Waals surface area contributed by atoms with Gasteiger partial charge in [-0.05, 0) is 13.8 Å². The summed E-state index contributed by atoms with van der Waals surface area (Å²) in [5, 5.41) is 9.77. The van der Waals surface area contributed by atoms with Crippen LogP contribution >= 0.6 is 0 Å². The highest BCUT2D eigenvalue weighted by atomic mass is 16.8. The predicted molar refractivity (Wildman–Crippen MR) is 137 cm³/mol. The highest BCUT2D eigenvalue weighted by Gasteiger charge is 2.57. The fourth-order valence-electron chi connectivity index (χ4n) is 5.73. The van der Waals surface area contributed by atoms with Gasteiger partial charge >= 0.3 is 5.97 Å². The molecule has 0 aliphatic carbocycles. The lowest BCUT2D eigenvalue weighted by Gasteiger charge is -2.25. The lowest BCUT2D eigenvalue weighted by atomic mass is 10.1. The first-order chi connectivity index (χ1) is 19.7. The van der Waals surface area contributed by atoms with Gasteiger partial charge in [0.2, 0.25) is 0 Å². The number of fused-ring (bicyclic) bond motifs is 3. The quantitative estimate of drug-likeness (QED) is 0.257. The molecule has 7 atom stereocenters. The average Bonchev–Trinajstić information content (AvgIpc) is 3.73. The van der Waals surface area contributed by atoms with Crippen LogP contribution in [0.15, 0.2) is 25.3 Å². The Morgan fingerprint density at radius 1 is 0.951 bits per heavy atom. The molecule has 41 heavy (non-hydrogen) atoms. The number of nitrogens with zero attached hydrogens (tertiary/aromatic N) is 8. The van der Waals surface area contributed by atoms with E-state index in [1.165, 1.54) is 19.0 Å². The third kappa shape index (κ3) is 4.32. The molecule has 0 bridgehead atoms. The molecule has 216 valence electrons. The maximum atomic E-state index is 13.3. The topological polar surface area (TPSA) is 223 Å². The van der Waals surface area contributed by atoms with E-state index in [4.69, 9.17) is 35.2 Å². The number of nitrogen functional groups attached to an aromatic ring is 2. The second-order valence-corrected chi connectivity index (χ2v) is 10.6. The maximum Gasteiger partial charge on any atom is 0.308 e. The van der Waals surface area contributed by atoms with Crippen molar-refractivity contribution in [3.8, 4) is 0 Å². The Bertz CT molecular complexity index is 1620. The molecule has 5 N–H and O–H groups in total. The van der Waals surface area contributed by atoms with Crippen molar-refractivity contribution in [1.29, 1.82) is 0 Å². The van der Waals surface area contributed by atoms with Crippen LogP contribution in [0.5, 0.6) is 0 Å². The van der Waals surface area contributed by atoms with Crippen molar-refractivity contribution in [1.82, 2.24) is 39.0 Å². The van der Waals surface area contributed by atoms with E-state index < -0.39 is 54.7 Å². The number of rotatable bonds is 6. The maximum absolute atomic E-state index is 13.3. The fraction of sp³-hybridized carbons (Fsp3) is 0.542. The molecule has 3 saturated heterocycles. The molecule has 7 rings (SSSR count). The second kappa shape index (κ2) is 9.52. The first-order valence-corrected chi connectivity index (χ1v) is 13.1. The molecule has 4 aromatic rings. The van der Waals surface area contributed by atoms with E-state index in [2.05, 4.69) is 29.9 Å². The lowest BCUT2D eigenvalue weighted by molar-refractivity contribution is -0.200. The summed E-state index contributed by atoms with van der Waals surface area (Å²) >= 11 is 0. The SMILES string of the molecule is CC1(C)O[C@@H]2[C@H](O1)[C@@H](CC(=O)O[C@@H]1C[C@@H](CO)O[C@H]1n1cnc3c(N)ncnc31)O[C@H]2n1cnc2c(N)ncnc21. The van der Waals surface area contributed by atoms with Gasteiger partial charge in [-0.25, -0.2) is 29.9 Å². The summed E-state index contributed by atoms with van der Waals surface area (Å²) in [5.41, 5.74) is 13.6. The summed E-state index contributed by atoms with van der Waals surface area (Å²) in [7, 11) is 0. The van der Waals surface area contributed by atoms with E-state index in [0.717, 1.165) is 0 Å². The average molecular weight is 569 g/mol. The summed E-state index contributed by atoms with van der Waals surface area (Å²) in [5.74, 6) is -1.00. The van der Waals surface area contributed by atoms with Gasteiger partial charge in [-0.2, -0.15) is 0 Å². The Morgan fingerprint density at radius 3 is 2.20 bits per heavy atom. The highest BCUT2D eigenvalue weighted by Crippen LogP contribution is 2.45. The third-order valence-corrected chi connectivity index (χ3v) is 7.45. The van der Waals surface area contributed by atoms with E-state index >= 15 is 0 Å². The van der Waals surface area contributed by atoms with E-state index in [1.807, 2.05) is 0 Å². The standard InChI is InChI=1S/C24H28N10O7/c1-24(2)40-16-11(39-23(17(16)41-24)34-9-32-15-19(26)28-7-30-21(15)34)4-13(36)38-12-3-10(5-35)37-22(12)33-8-31-14-18(25)27-6-29-20(14)33/h6-12,16-17,22-23,35H,3-5H2,1-2H3,(H2,25,27,29)(H2,26,28,30)/t10-,11+,12+,16+,17+,22+,23+/m0/s1. The van der Waals surface area contributed by atoms with Crippen molar-refractivity contribution >= 4 is 39.9 Å². The Hall–Kier alpha value is -4.03. The van der Waals surface area contributed by atoms with Crippen molar-refractivity contribution in [2.75, 3.05) is 18.1 Å². The molecular formula is C24H28N10O7. The number of nitrogens with two attached hydrogens (primary N) is 2. The Balaban J connectivity index is 1.12. The minimum absolute atomic E-state index is 0.131. The molecule has 0 saturated carbocycles. The summed E-state index contributed by atoms with van der Waals surface area (Å²) < 4.78 is 33.8. The number of carbonyl (C=O) groups excluding carboxylic acids is 1. The van der Waals surface area contributed by atoms with Crippen LogP contribution in [0, 0.1) is 0 Å². The molecule has 0 radical (unpaired) electrons. The monoisotopic (exact) mass is 568 g/mol. The number of anilines is 2. The van der Waals surface area contributed by atoms with Gasteiger partial charge in [-0.3, -0.25) is 13.9 Å². The van der Waals surface area contributed by atoms with Gasteiger partial charge in [0, 0.05) is 6.42 Å². The van der Waals surface area contributed by atoms with Gasteiger partial charge in [0.1, 0.15) is 42.0 Å². The normalized spacial score (nSPS) is 30.8. The fourth-order valence-corrected chi connectivity index (χ4v) is 5.73. The predicted octanol–water partition coefficient (Wildman–Crippen LogP) is -0.170. The molecule has 0 spiro atoms. The van der Waals surface area contributed by atoms with Crippen molar-refractivity contribution in [2.24, 2.45) is 0 Å². The number of hydrogen-bond donors (Lipinski definition) is 3. The van der Waals surface area contributed by atoms with Gasteiger partial charge in [-0.1, -0.05) is 0 Å². The molecule has 7 heterocycles. The van der Waals surface area contributed by atoms with E-state index in [9.17, 15) is 9.90 Å². The molecule has 0 amide bonds. The number of hydrogen-bond acceptors (Lipinski definition) is 15. The van der Waals surface area contributed by atoms with Gasteiger partial charge in [-0.15, -0.1) is 0 Å². The second-order valence-electron chi connectivity index (χ2n) is 10.6. The van der Waals surface area contributed by atoms with Crippen LogP contribution in [0.2, 0.25) is 0 Å². The van der Waals surface area contributed by atoms with Crippen LogP contribution in [0.3, 0.4) is 0 Å². The molecule has 3 fully saturated rings. The van der Waals surface area contributed by atoms with Gasteiger partial charge in [0.25, 0.3) is 0 Å². The van der Waals surface area contributed by atoms with Crippen molar-refractivity contribution in [2.45, 2.75) is 75.5 Å². The Morgan fingerprint density at radius 2 is 1.56 bits per heavy atom. The van der Waals surface area contributed by atoms with Crippen LogP contribution in [0.25, 0.3) is 22.3 Å². The van der Waals surface area contributed by atoms with Gasteiger partial charge in [0.05, 0.1) is 37.9 Å². The smallest absolute Gasteiger partial charge is 0.308 e. The molecule has 3 aliphatic rings. The van der Waals surface area contributed by atoms with Crippen LogP contribution in [-0.2, 0) is 28.5 Å². The van der Waals surface area contributed by atoms with Gasteiger partial charge < -0.3 is 40.3 Å². The minimum atomic E-state index is -0.908. The van der Waals surface area contributed by atoms with Crippen LogP contribution in [0.1, 0.15) is 39.1 Å². The number of carbonyl (C=O) groups is 1. The minimum Gasteiger partial charge on any atom is -0.457 e. The number of aromatic nitrogens is 8. The number of ether oxygens (including phenoxy) is 5. The zero-order chi connectivity index (χ0) is 28.5. The summed E-state index contributed by atoms with van der Waals surface area (Å²) in [6.45, 7) is 3.34. The van der Waals surface area contributed by atoms with Gasteiger partial charge in [0.15, 0.2) is 41.2 Å². The Kier molecular flexibility index (Phi) is 6.02. The Labute approximate surface area is 231 Å². The molecule has 17 nitrogen and oxygen atoms in total. The van der Waals surface area contributed by atoms with Crippen LogP contribution in [0.4, 0.5) is 11.6 Å². The first kappa shape index (κ1) is 25.9. The number of esters is 1. The number of imidazole rings is 2. The van der Waals surface area contributed by atoms with Crippen LogP contribution in [-0.4, -0.2) is 93.0 Å². The van der Waals surface area contributed by atoms with Crippen molar-refractivity contribution in [3.63, 3.8) is 0 Å². The summed E-state index contributed by atoms with van der Waals surface area (Å²) in [6, 6.07) is 0. The molecule has 3 aliphatic heterocycles. The van der Waals surface area contributed by atoms with E-state index in [-0.39, 0.29) is 31.1 Å². The summed E-state index contributed by atoms with van der Waals surface area (Å²) in [4.78, 5) is 38.4. The highest BCUT2D eigenvalue weighted by molar-refractivity contribution is 5.82. The largest absolute Gasteiger partial charge is 0.457 e. The molecule has 0 unspecified atom stereocenters. The number of aliphatic hydroxyl groups excluding tert-OH is 1. The van der Waals surface area contributed by atoms with Crippen molar-refractivity contribution in [3.05, 3.63) is 25.3 Å². The van der Waals surface area contributed by atoms with E-state index in [0.29, 0.717) is 22.3 Å². The summed E-state index contributed by atoms with van der Waals surface area (Å²) in [6.07, 6.45) is 1.24. The number of aliphatic hydroxyl groups is 1. The zero-order valence-corrected chi connectivity index (χ0v) is 22.1. The molecular weight excluding hydrogens is 540 g/mol. The lowest BCUT2D eigenvalue weighted by Crippen LogP contribution is -2.33. The van der Waals surface area contributed by atoms with E-state index in [1.54, 1.807) is 29.3 Å². The third-order valence-electron chi connectivity index (χ3n) is 7.45. The molecule has 0 aromatic carbocycles. The molecule has 17 heteroatoms.